The molecule has 0 radical (unpaired) electrons. The number of nitrogens with zero attached hydrogens (tertiary/aromatic N) is 5. The molecule has 0 bridgehead atoms. The first-order valence-electron chi connectivity index (χ1n) is 7.62. The maximum absolute atomic E-state index is 11.6. The molecule has 0 spiro atoms. The fourth-order valence-corrected chi connectivity index (χ4v) is 2.95. The summed E-state index contributed by atoms with van der Waals surface area (Å²) in [7, 11) is 1.98. The zero-order valence-corrected chi connectivity index (χ0v) is 13.3. The molecule has 2 aromatic heterocycles. The fourth-order valence-electron chi connectivity index (χ4n) is 2.95. The van der Waals surface area contributed by atoms with Crippen LogP contribution in [0.2, 0.25) is 0 Å². The highest BCUT2D eigenvalue weighted by molar-refractivity contribution is 5.73. The van der Waals surface area contributed by atoms with Gasteiger partial charge in [-0.05, 0) is 19.8 Å². The minimum atomic E-state index is 0.135. The van der Waals surface area contributed by atoms with Gasteiger partial charge in [0.1, 0.15) is 11.5 Å². The number of hydrogen-bond donors (Lipinski definition) is 0. The Morgan fingerprint density at radius 2 is 2.14 bits per heavy atom. The van der Waals surface area contributed by atoms with Gasteiger partial charge in [0.05, 0.1) is 23.8 Å². The molecule has 1 aliphatic rings. The molecule has 1 atom stereocenters. The first kappa shape index (κ1) is 14.7. The second-order valence-corrected chi connectivity index (χ2v) is 5.88. The minimum absolute atomic E-state index is 0.135. The van der Waals surface area contributed by atoms with Crippen LogP contribution in [0.25, 0.3) is 11.4 Å². The minimum Gasteiger partial charge on any atom is -0.342 e. The molecule has 1 fully saturated rings. The van der Waals surface area contributed by atoms with E-state index in [9.17, 15) is 4.79 Å². The van der Waals surface area contributed by atoms with E-state index in [4.69, 9.17) is 4.98 Å². The monoisotopic (exact) mass is 299 g/mol. The van der Waals surface area contributed by atoms with Gasteiger partial charge in [0.15, 0.2) is 0 Å². The number of aromatic nitrogens is 4. The lowest BCUT2D eigenvalue weighted by molar-refractivity contribution is -0.130. The number of imidazole rings is 1. The van der Waals surface area contributed by atoms with E-state index in [1.165, 1.54) is 0 Å². The Hall–Kier alpha value is -2.24. The Balaban J connectivity index is 1.88. The van der Waals surface area contributed by atoms with Crippen LogP contribution in [-0.2, 0) is 11.8 Å². The highest BCUT2D eigenvalue weighted by Gasteiger charge is 2.24. The van der Waals surface area contributed by atoms with Gasteiger partial charge in [-0.3, -0.25) is 9.78 Å². The van der Waals surface area contributed by atoms with Crippen molar-refractivity contribution in [3.05, 3.63) is 30.1 Å². The highest BCUT2D eigenvalue weighted by Crippen LogP contribution is 2.27. The number of likely N-dealkylation sites (tertiary alicyclic amines) is 1. The van der Waals surface area contributed by atoms with Gasteiger partial charge in [-0.25, -0.2) is 9.97 Å². The van der Waals surface area contributed by atoms with Crippen molar-refractivity contribution in [1.82, 2.24) is 24.4 Å². The molecule has 1 amide bonds. The molecule has 0 N–H and O–H groups in total. The SMILES string of the molecule is CC(=O)N1CCCC(c2cncc(-c3cnc(C)n3C)n2)C1. The van der Waals surface area contributed by atoms with Gasteiger partial charge in [-0.1, -0.05) is 0 Å². The molecule has 6 nitrogen and oxygen atoms in total. The normalized spacial score (nSPS) is 18.5. The van der Waals surface area contributed by atoms with Crippen molar-refractivity contribution in [2.24, 2.45) is 7.05 Å². The van der Waals surface area contributed by atoms with Gasteiger partial charge in [0.2, 0.25) is 5.91 Å². The summed E-state index contributed by atoms with van der Waals surface area (Å²) in [6.45, 7) is 5.17. The molecule has 2 aromatic rings. The van der Waals surface area contributed by atoms with Gasteiger partial charge in [-0.2, -0.15) is 0 Å². The van der Waals surface area contributed by atoms with Crippen LogP contribution in [0.5, 0.6) is 0 Å². The summed E-state index contributed by atoms with van der Waals surface area (Å²) in [5.74, 6) is 1.35. The molecule has 3 rings (SSSR count). The van der Waals surface area contributed by atoms with E-state index in [-0.39, 0.29) is 11.8 Å². The quantitative estimate of drug-likeness (QED) is 0.850. The number of aryl methyl sites for hydroxylation is 1. The van der Waals surface area contributed by atoms with Crippen molar-refractivity contribution in [2.75, 3.05) is 13.1 Å². The van der Waals surface area contributed by atoms with Crippen LogP contribution in [0.3, 0.4) is 0 Å². The second-order valence-electron chi connectivity index (χ2n) is 5.88. The first-order chi connectivity index (χ1) is 10.6. The van der Waals surface area contributed by atoms with Gasteiger partial charge in [-0.15, -0.1) is 0 Å². The molecule has 1 unspecified atom stereocenters. The molecule has 1 saturated heterocycles. The highest BCUT2D eigenvalue weighted by atomic mass is 16.2. The van der Waals surface area contributed by atoms with Gasteiger partial charge < -0.3 is 9.47 Å². The average Bonchev–Trinajstić information content (AvgIpc) is 2.87. The first-order valence-corrected chi connectivity index (χ1v) is 7.62. The maximum Gasteiger partial charge on any atom is 0.219 e. The molecule has 1 aliphatic heterocycles. The topological polar surface area (TPSA) is 63.9 Å². The zero-order valence-electron chi connectivity index (χ0n) is 13.3. The Kier molecular flexibility index (Phi) is 3.92. The molecule has 0 saturated carbocycles. The van der Waals surface area contributed by atoms with Crippen molar-refractivity contribution in [3.8, 4) is 11.4 Å². The lowest BCUT2D eigenvalue weighted by Gasteiger charge is -2.31. The number of amides is 1. The van der Waals surface area contributed by atoms with Crippen LogP contribution in [-0.4, -0.2) is 43.4 Å². The smallest absolute Gasteiger partial charge is 0.219 e. The molecule has 22 heavy (non-hydrogen) atoms. The zero-order chi connectivity index (χ0) is 15.7. The van der Waals surface area contributed by atoms with E-state index in [1.54, 1.807) is 13.1 Å². The molecule has 6 heteroatoms. The summed E-state index contributed by atoms with van der Waals surface area (Å²) in [5, 5.41) is 0. The molecular weight excluding hydrogens is 278 g/mol. The van der Waals surface area contributed by atoms with Crippen molar-refractivity contribution in [1.29, 1.82) is 0 Å². The second kappa shape index (κ2) is 5.87. The van der Waals surface area contributed by atoms with Crippen LogP contribution in [0.4, 0.5) is 0 Å². The number of carbonyl (C=O) groups excluding carboxylic acids is 1. The number of carbonyl (C=O) groups is 1. The Bertz CT molecular complexity index is 694. The van der Waals surface area contributed by atoms with E-state index in [1.807, 2.05) is 35.8 Å². The van der Waals surface area contributed by atoms with Crippen molar-refractivity contribution in [2.45, 2.75) is 32.6 Å². The van der Waals surface area contributed by atoms with E-state index < -0.39 is 0 Å². The fraction of sp³-hybridized carbons (Fsp3) is 0.500. The summed E-state index contributed by atoms with van der Waals surface area (Å²) in [5.41, 5.74) is 2.76. The number of hydrogen-bond acceptors (Lipinski definition) is 4. The van der Waals surface area contributed by atoms with Crippen molar-refractivity contribution >= 4 is 5.91 Å². The summed E-state index contributed by atoms with van der Waals surface area (Å²) < 4.78 is 2.01. The molecular formula is C16H21N5O. The van der Waals surface area contributed by atoms with Crippen LogP contribution < -0.4 is 0 Å². The number of piperidine rings is 1. The predicted molar refractivity (Wildman–Crippen MR) is 83.2 cm³/mol. The molecule has 0 aromatic carbocycles. The molecule has 116 valence electrons. The standard InChI is InChI=1S/C16H21N5O/c1-11-18-9-16(20(11)3)15-8-17-7-14(19-15)13-5-4-6-21(10-13)12(2)22/h7-9,13H,4-6,10H2,1-3H3. The summed E-state index contributed by atoms with van der Waals surface area (Å²) in [4.78, 5) is 26.9. The Labute approximate surface area is 130 Å². The lowest BCUT2D eigenvalue weighted by Crippen LogP contribution is -2.37. The maximum atomic E-state index is 11.6. The van der Waals surface area contributed by atoms with E-state index in [2.05, 4.69) is 9.97 Å². The largest absolute Gasteiger partial charge is 0.342 e. The van der Waals surface area contributed by atoms with E-state index in [0.29, 0.717) is 0 Å². The summed E-state index contributed by atoms with van der Waals surface area (Å²) in [6, 6.07) is 0. The van der Waals surface area contributed by atoms with Crippen molar-refractivity contribution in [3.63, 3.8) is 0 Å². The van der Waals surface area contributed by atoms with Gasteiger partial charge in [0, 0.05) is 39.2 Å². The third kappa shape index (κ3) is 2.73. The predicted octanol–water partition coefficient (Wildman–Crippen LogP) is 1.91. The van der Waals surface area contributed by atoms with Crippen LogP contribution >= 0.6 is 0 Å². The summed E-state index contributed by atoms with van der Waals surface area (Å²) >= 11 is 0. The molecule has 3 heterocycles. The van der Waals surface area contributed by atoms with Crippen LogP contribution in [0.1, 0.15) is 37.2 Å². The van der Waals surface area contributed by atoms with Gasteiger partial charge in [0.25, 0.3) is 0 Å². The van der Waals surface area contributed by atoms with Gasteiger partial charge >= 0.3 is 0 Å². The third-order valence-corrected chi connectivity index (χ3v) is 4.42. The summed E-state index contributed by atoms with van der Waals surface area (Å²) in [6.07, 6.45) is 7.48. The van der Waals surface area contributed by atoms with Crippen molar-refractivity contribution < 1.29 is 4.79 Å². The average molecular weight is 299 g/mol. The van der Waals surface area contributed by atoms with Crippen LogP contribution in [0.15, 0.2) is 18.6 Å². The Morgan fingerprint density at radius 3 is 2.82 bits per heavy atom. The molecule has 0 aliphatic carbocycles. The Morgan fingerprint density at radius 1 is 1.32 bits per heavy atom. The lowest BCUT2D eigenvalue weighted by atomic mass is 9.95. The van der Waals surface area contributed by atoms with Crippen LogP contribution in [0, 0.1) is 6.92 Å². The third-order valence-electron chi connectivity index (χ3n) is 4.42. The number of rotatable bonds is 2. The van der Waals surface area contributed by atoms with E-state index >= 15 is 0 Å². The van der Waals surface area contributed by atoms with E-state index in [0.717, 1.165) is 48.8 Å².